The molecule has 0 aliphatic rings. The van der Waals surface area contributed by atoms with E-state index < -0.39 is 12.3 Å². The molecule has 1 unspecified atom stereocenters. The van der Waals surface area contributed by atoms with Crippen LogP contribution >= 0.6 is 0 Å². The first kappa shape index (κ1) is 12.2. The van der Waals surface area contributed by atoms with Crippen LogP contribution in [0.15, 0.2) is 11.1 Å². The smallest absolute Gasteiger partial charge is 0.335 e. The van der Waals surface area contributed by atoms with Crippen LogP contribution < -0.4 is 0 Å². The molecule has 0 spiro atoms. The monoisotopic (exact) mass is 186 g/mol. The van der Waals surface area contributed by atoms with Gasteiger partial charge in [-0.2, -0.15) is 0 Å². The first-order valence-corrected chi connectivity index (χ1v) is 4.52. The van der Waals surface area contributed by atoms with Gasteiger partial charge in [-0.05, 0) is 20.8 Å². The van der Waals surface area contributed by atoms with Crippen LogP contribution in [0.2, 0.25) is 0 Å². The van der Waals surface area contributed by atoms with Crippen molar-refractivity contribution in [3.05, 3.63) is 11.1 Å². The quantitative estimate of drug-likeness (QED) is 0.415. The fraction of sp³-hybridized carbons (Fsp3) is 0.700. The zero-order valence-corrected chi connectivity index (χ0v) is 8.76. The van der Waals surface area contributed by atoms with Gasteiger partial charge in [-0.3, -0.25) is 0 Å². The molecule has 0 aliphatic carbocycles. The molecule has 0 amide bonds. The largest absolute Gasteiger partial charge is 0.433 e. The molecule has 1 N–H and O–H groups in total. The number of carbonyl (C=O) groups is 1. The summed E-state index contributed by atoms with van der Waals surface area (Å²) >= 11 is 0. The maximum absolute atomic E-state index is 11.2. The summed E-state index contributed by atoms with van der Waals surface area (Å²) in [7, 11) is 0. The van der Waals surface area contributed by atoms with Gasteiger partial charge in [0.2, 0.25) is 6.29 Å². The van der Waals surface area contributed by atoms with Gasteiger partial charge < -0.3 is 9.84 Å². The van der Waals surface area contributed by atoms with E-state index in [-0.39, 0.29) is 0 Å². The SMILES string of the molecule is CCCC(O)OC(=O)C(C)=C(C)C. The molecule has 0 aromatic carbocycles. The molecule has 0 aromatic rings. The zero-order chi connectivity index (χ0) is 10.4. The van der Waals surface area contributed by atoms with E-state index in [2.05, 4.69) is 0 Å². The van der Waals surface area contributed by atoms with E-state index in [1.807, 2.05) is 20.8 Å². The van der Waals surface area contributed by atoms with Crippen LogP contribution in [-0.2, 0) is 9.53 Å². The number of carbonyl (C=O) groups excluding carboxylic acids is 1. The molecule has 0 radical (unpaired) electrons. The van der Waals surface area contributed by atoms with Gasteiger partial charge in [0.15, 0.2) is 0 Å². The van der Waals surface area contributed by atoms with Crippen LogP contribution in [0.5, 0.6) is 0 Å². The highest BCUT2D eigenvalue weighted by Gasteiger charge is 2.12. The predicted molar refractivity (Wildman–Crippen MR) is 51.1 cm³/mol. The van der Waals surface area contributed by atoms with Crippen LogP contribution in [0, 0.1) is 0 Å². The Morgan fingerprint density at radius 3 is 2.31 bits per heavy atom. The normalized spacial score (nSPS) is 12.1. The van der Waals surface area contributed by atoms with E-state index in [4.69, 9.17) is 4.74 Å². The number of esters is 1. The topological polar surface area (TPSA) is 46.5 Å². The summed E-state index contributed by atoms with van der Waals surface area (Å²) in [5.74, 6) is -0.430. The summed E-state index contributed by atoms with van der Waals surface area (Å²) in [4.78, 5) is 11.2. The number of rotatable bonds is 4. The Labute approximate surface area is 79.4 Å². The number of hydrogen-bond donors (Lipinski definition) is 1. The van der Waals surface area contributed by atoms with Gasteiger partial charge in [0.25, 0.3) is 0 Å². The number of hydrogen-bond acceptors (Lipinski definition) is 3. The summed E-state index contributed by atoms with van der Waals surface area (Å²) in [5, 5.41) is 9.18. The van der Waals surface area contributed by atoms with Crippen LogP contribution in [0.3, 0.4) is 0 Å². The maximum Gasteiger partial charge on any atom is 0.335 e. The molecule has 0 aliphatic heterocycles. The highest BCUT2D eigenvalue weighted by Crippen LogP contribution is 2.07. The van der Waals surface area contributed by atoms with E-state index >= 15 is 0 Å². The molecule has 0 bridgehead atoms. The zero-order valence-electron chi connectivity index (χ0n) is 8.76. The first-order valence-electron chi connectivity index (χ1n) is 4.52. The van der Waals surface area contributed by atoms with Gasteiger partial charge in [-0.1, -0.05) is 18.9 Å². The van der Waals surface area contributed by atoms with E-state index in [9.17, 15) is 9.90 Å². The van der Waals surface area contributed by atoms with Crippen LogP contribution in [-0.4, -0.2) is 17.4 Å². The van der Waals surface area contributed by atoms with Gasteiger partial charge in [0, 0.05) is 12.0 Å². The average Bonchev–Trinajstić information content (AvgIpc) is 2.03. The molecule has 0 aromatic heterocycles. The lowest BCUT2D eigenvalue weighted by Gasteiger charge is -2.11. The molecule has 3 nitrogen and oxygen atoms in total. The maximum atomic E-state index is 11.2. The minimum atomic E-state index is -0.966. The van der Waals surface area contributed by atoms with E-state index in [0.29, 0.717) is 12.0 Å². The molecular weight excluding hydrogens is 168 g/mol. The van der Waals surface area contributed by atoms with E-state index in [1.165, 1.54) is 0 Å². The molecule has 76 valence electrons. The van der Waals surface area contributed by atoms with E-state index in [0.717, 1.165) is 12.0 Å². The summed E-state index contributed by atoms with van der Waals surface area (Å²) in [6, 6.07) is 0. The third-order valence-corrected chi connectivity index (χ3v) is 1.83. The van der Waals surface area contributed by atoms with Crippen molar-refractivity contribution in [2.45, 2.75) is 46.8 Å². The van der Waals surface area contributed by atoms with Crippen molar-refractivity contribution in [1.82, 2.24) is 0 Å². The third kappa shape index (κ3) is 4.68. The Kier molecular flexibility index (Phi) is 5.39. The molecule has 0 saturated carbocycles. The van der Waals surface area contributed by atoms with Crippen molar-refractivity contribution >= 4 is 5.97 Å². The molecule has 3 heteroatoms. The summed E-state index contributed by atoms with van der Waals surface area (Å²) in [6.45, 7) is 7.28. The Morgan fingerprint density at radius 1 is 1.38 bits per heavy atom. The predicted octanol–water partition coefficient (Wildman–Crippen LogP) is 2.00. The molecule has 13 heavy (non-hydrogen) atoms. The second-order valence-corrected chi connectivity index (χ2v) is 3.27. The second-order valence-electron chi connectivity index (χ2n) is 3.27. The van der Waals surface area contributed by atoms with Crippen LogP contribution in [0.4, 0.5) is 0 Å². The van der Waals surface area contributed by atoms with Gasteiger partial charge in [-0.25, -0.2) is 4.79 Å². The Bertz CT molecular complexity index is 202. The van der Waals surface area contributed by atoms with Crippen molar-refractivity contribution in [2.75, 3.05) is 0 Å². The lowest BCUT2D eigenvalue weighted by molar-refractivity contribution is -0.163. The number of allylic oxidation sites excluding steroid dienone is 1. The summed E-state index contributed by atoms with van der Waals surface area (Å²) < 4.78 is 4.77. The fourth-order valence-corrected chi connectivity index (χ4v) is 0.722. The lowest BCUT2D eigenvalue weighted by Crippen LogP contribution is -2.18. The Hall–Kier alpha value is -0.830. The number of ether oxygens (including phenoxy) is 1. The van der Waals surface area contributed by atoms with Crippen molar-refractivity contribution in [3.63, 3.8) is 0 Å². The molecule has 0 fully saturated rings. The van der Waals surface area contributed by atoms with Gasteiger partial charge in [0.05, 0.1) is 0 Å². The average molecular weight is 186 g/mol. The van der Waals surface area contributed by atoms with Crippen molar-refractivity contribution in [3.8, 4) is 0 Å². The van der Waals surface area contributed by atoms with Crippen molar-refractivity contribution in [2.24, 2.45) is 0 Å². The highest BCUT2D eigenvalue weighted by atomic mass is 16.6. The summed E-state index contributed by atoms with van der Waals surface area (Å²) in [5.41, 5.74) is 1.48. The van der Waals surface area contributed by atoms with Crippen molar-refractivity contribution in [1.29, 1.82) is 0 Å². The van der Waals surface area contributed by atoms with Gasteiger partial charge in [0.1, 0.15) is 0 Å². The van der Waals surface area contributed by atoms with Gasteiger partial charge in [-0.15, -0.1) is 0 Å². The lowest BCUT2D eigenvalue weighted by atomic mass is 10.2. The van der Waals surface area contributed by atoms with Crippen LogP contribution in [0.1, 0.15) is 40.5 Å². The Balaban J connectivity index is 4.09. The van der Waals surface area contributed by atoms with Crippen molar-refractivity contribution < 1.29 is 14.6 Å². The minimum absolute atomic E-state index is 0.430. The Morgan fingerprint density at radius 2 is 1.92 bits per heavy atom. The molecule has 1 atom stereocenters. The molecular formula is C10H18O3. The third-order valence-electron chi connectivity index (χ3n) is 1.83. The summed E-state index contributed by atoms with van der Waals surface area (Å²) in [6.07, 6.45) is 0.316. The first-order chi connectivity index (χ1) is 5.99. The van der Waals surface area contributed by atoms with E-state index in [1.54, 1.807) is 6.92 Å². The number of aliphatic hydroxyl groups is 1. The number of aliphatic hydroxyl groups excluding tert-OH is 1. The minimum Gasteiger partial charge on any atom is -0.433 e. The molecule has 0 heterocycles. The standard InChI is InChI=1S/C10H18O3/c1-5-6-9(11)13-10(12)8(4)7(2)3/h9,11H,5-6H2,1-4H3. The fourth-order valence-electron chi connectivity index (χ4n) is 0.722. The second kappa shape index (κ2) is 5.75. The van der Waals surface area contributed by atoms with Crippen LogP contribution in [0.25, 0.3) is 0 Å². The molecule has 0 saturated heterocycles. The molecule has 0 rings (SSSR count). The highest BCUT2D eigenvalue weighted by molar-refractivity contribution is 5.88. The van der Waals surface area contributed by atoms with Gasteiger partial charge >= 0.3 is 5.97 Å².